The van der Waals surface area contributed by atoms with Crippen molar-refractivity contribution in [3.8, 4) is 23.6 Å². The third-order valence-corrected chi connectivity index (χ3v) is 2.25. The second-order valence-electron chi connectivity index (χ2n) is 2.99. The molecule has 0 amide bonds. The highest BCUT2D eigenvalue weighted by Crippen LogP contribution is 2.20. The van der Waals surface area contributed by atoms with E-state index in [1.807, 2.05) is 24.3 Å². The smallest absolute Gasteiger partial charge is 0.104 e. The van der Waals surface area contributed by atoms with Gasteiger partial charge in [-0.1, -0.05) is 34.9 Å². The molecule has 3 nitrogen and oxygen atoms in total. The molecule has 1 aromatic carbocycles. The van der Waals surface area contributed by atoms with E-state index in [2.05, 4.69) is 16.2 Å². The minimum Gasteiger partial charge on any atom is -0.233 e. The molecular formula is C11H8ClN3. The summed E-state index contributed by atoms with van der Waals surface area (Å²) in [6.45, 7) is 0.415. The number of aromatic nitrogens is 3. The zero-order chi connectivity index (χ0) is 10.7. The van der Waals surface area contributed by atoms with Gasteiger partial charge in [-0.3, -0.25) is 0 Å². The first kappa shape index (κ1) is 9.75. The van der Waals surface area contributed by atoms with Gasteiger partial charge in [-0.05, 0) is 12.1 Å². The Morgan fingerprint density at radius 1 is 1.33 bits per heavy atom. The van der Waals surface area contributed by atoms with Crippen molar-refractivity contribution in [1.82, 2.24) is 15.0 Å². The minimum atomic E-state index is 0.415. The van der Waals surface area contributed by atoms with Crippen molar-refractivity contribution < 1.29 is 0 Å². The molecule has 0 radical (unpaired) electrons. The Labute approximate surface area is 92.7 Å². The Hall–Kier alpha value is -1.79. The first-order chi connectivity index (χ1) is 7.31. The van der Waals surface area contributed by atoms with E-state index in [0.717, 1.165) is 11.3 Å². The van der Waals surface area contributed by atoms with E-state index in [-0.39, 0.29) is 0 Å². The van der Waals surface area contributed by atoms with E-state index in [1.54, 1.807) is 10.9 Å². The number of halogens is 1. The second-order valence-corrected chi connectivity index (χ2v) is 3.42. The van der Waals surface area contributed by atoms with Gasteiger partial charge < -0.3 is 0 Å². The third-order valence-electron chi connectivity index (χ3n) is 2.00. The summed E-state index contributed by atoms with van der Waals surface area (Å²) in [6.07, 6.45) is 6.91. The summed E-state index contributed by atoms with van der Waals surface area (Å²) in [7, 11) is 0. The lowest BCUT2D eigenvalue weighted by Gasteiger charge is -2.02. The molecule has 0 N–H and O–H groups in total. The Morgan fingerprint density at radius 3 is 2.73 bits per heavy atom. The first-order valence-corrected chi connectivity index (χ1v) is 4.77. The Balaban J connectivity index is 2.41. The van der Waals surface area contributed by atoms with Crippen LogP contribution in [0.5, 0.6) is 0 Å². The summed E-state index contributed by atoms with van der Waals surface area (Å²) in [5.74, 6) is 2.53. The molecule has 0 saturated carbocycles. The molecular weight excluding hydrogens is 210 g/mol. The Kier molecular flexibility index (Phi) is 2.70. The molecule has 4 heteroatoms. The number of hydrogen-bond donors (Lipinski definition) is 0. The molecule has 0 aliphatic heterocycles. The summed E-state index contributed by atoms with van der Waals surface area (Å²) < 4.78 is 1.67. The van der Waals surface area contributed by atoms with Crippen molar-refractivity contribution in [2.75, 3.05) is 0 Å². The van der Waals surface area contributed by atoms with Gasteiger partial charge in [0.25, 0.3) is 0 Å². The monoisotopic (exact) mass is 217 g/mol. The second kappa shape index (κ2) is 4.16. The Bertz CT molecular complexity index is 493. The zero-order valence-corrected chi connectivity index (χ0v) is 8.65. The van der Waals surface area contributed by atoms with Crippen molar-refractivity contribution in [3.05, 3.63) is 35.5 Å². The fourth-order valence-corrected chi connectivity index (χ4v) is 1.43. The standard InChI is InChI=1S/C11H8ClN3/c1-2-7-15-11(8-13-14-15)9-3-5-10(12)6-4-9/h1,3-6,8H,7H2. The normalized spacial score (nSPS) is 9.87. The number of nitrogens with zero attached hydrogens (tertiary/aromatic N) is 3. The molecule has 2 rings (SSSR count). The van der Waals surface area contributed by atoms with Crippen molar-refractivity contribution in [2.45, 2.75) is 6.54 Å². The van der Waals surface area contributed by atoms with Gasteiger partial charge in [-0.2, -0.15) is 0 Å². The van der Waals surface area contributed by atoms with Crippen LogP contribution in [0.3, 0.4) is 0 Å². The molecule has 0 aliphatic rings. The Morgan fingerprint density at radius 2 is 2.07 bits per heavy atom. The van der Waals surface area contributed by atoms with Gasteiger partial charge in [-0.15, -0.1) is 11.5 Å². The maximum atomic E-state index is 5.80. The van der Waals surface area contributed by atoms with Crippen molar-refractivity contribution in [1.29, 1.82) is 0 Å². The molecule has 0 saturated heterocycles. The van der Waals surface area contributed by atoms with Crippen LogP contribution in [0.4, 0.5) is 0 Å². The molecule has 74 valence electrons. The van der Waals surface area contributed by atoms with Gasteiger partial charge in [0, 0.05) is 10.6 Å². The maximum absolute atomic E-state index is 5.80. The number of benzene rings is 1. The largest absolute Gasteiger partial charge is 0.233 e. The molecule has 0 fully saturated rings. The minimum absolute atomic E-state index is 0.415. The highest BCUT2D eigenvalue weighted by Gasteiger charge is 2.04. The number of rotatable bonds is 2. The van der Waals surface area contributed by atoms with Crippen LogP contribution in [-0.4, -0.2) is 15.0 Å². The van der Waals surface area contributed by atoms with Crippen molar-refractivity contribution in [3.63, 3.8) is 0 Å². The SMILES string of the molecule is C#CCn1nncc1-c1ccc(Cl)cc1. The lowest BCUT2D eigenvalue weighted by Crippen LogP contribution is -2.00. The predicted octanol–water partition coefficient (Wildman–Crippen LogP) is 2.23. The average molecular weight is 218 g/mol. The zero-order valence-electron chi connectivity index (χ0n) is 7.89. The molecule has 15 heavy (non-hydrogen) atoms. The summed E-state index contributed by atoms with van der Waals surface area (Å²) in [6, 6.07) is 7.47. The predicted molar refractivity (Wildman–Crippen MR) is 59.3 cm³/mol. The fraction of sp³-hybridized carbons (Fsp3) is 0.0909. The van der Waals surface area contributed by atoms with E-state index in [0.29, 0.717) is 11.6 Å². The van der Waals surface area contributed by atoms with E-state index in [4.69, 9.17) is 18.0 Å². The summed E-state index contributed by atoms with van der Waals surface area (Å²) >= 11 is 5.80. The summed E-state index contributed by atoms with van der Waals surface area (Å²) in [4.78, 5) is 0. The molecule has 1 aromatic heterocycles. The van der Waals surface area contributed by atoms with Gasteiger partial charge in [-0.25, -0.2) is 4.68 Å². The van der Waals surface area contributed by atoms with Gasteiger partial charge >= 0.3 is 0 Å². The van der Waals surface area contributed by atoms with Crippen LogP contribution in [0.15, 0.2) is 30.5 Å². The highest BCUT2D eigenvalue weighted by atomic mass is 35.5. The van der Waals surface area contributed by atoms with Gasteiger partial charge in [0.1, 0.15) is 6.54 Å². The summed E-state index contributed by atoms with van der Waals surface area (Å²) in [5, 5.41) is 8.42. The molecule has 0 unspecified atom stereocenters. The molecule has 1 heterocycles. The van der Waals surface area contributed by atoms with E-state index in [1.165, 1.54) is 0 Å². The molecule has 0 bridgehead atoms. The first-order valence-electron chi connectivity index (χ1n) is 4.39. The lowest BCUT2D eigenvalue weighted by molar-refractivity contribution is 0.679. The summed E-state index contributed by atoms with van der Waals surface area (Å²) in [5.41, 5.74) is 1.89. The molecule has 2 aromatic rings. The van der Waals surface area contributed by atoms with Gasteiger partial charge in [0.2, 0.25) is 0 Å². The molecule has 0 aliphatic carbocycles. The van der Waals surface area contributed by atoms with Crippen molar-refractivity contribution in [2.24, 2.45) is 0 Å². The van der Waals surface area contributed by atoms with Crippen LogP contribution in [-0.2, 0) is 6.54 Å². The number of terminal acetylenes is 1. The van der Waals surface area contributed by atoms with Crippen molar-refractivity contribution >= 4 is 11.6 Å². The fourth-order valence-electron chi connectivity index (χ4n) is 1.31. The number of hydrogen-bond acceptors (Lipinski definition) is 2. The van der Waals surface area contributed by atoms with Crippen LogP contribution in [0.2, 0.25) is 5.02 Å². The van der Waals surface area contributed by atoms with Crippen LogP contribution in [0, 0.1) is 12.3 Å². The van der Waals surface area contributed by atoms with Crippen LogP contribution >= 0.6 is 11.6 Å². The highest BCUT2D eigenvalue weighted by molar-refractivity contribution is 6.30. The van der Waals surface area contributed by atoms with Gasteiger partial charge in [0.15, 0.2) is 0 Å². The third kappa shape index (κ3) is 2.00. The molecule has 0 atom stereocenters. The van der Waals surface area contributed by atoms with E-state index < -0.39 is 0 Å². The van der Waals surface area contributed by atoms with Gasteiger partial charge in [0.05, 0.1) is 11.9 Å². The van der Waals surface area contributed by atoms with E-state index in [9.17, 15) is 0 Å². The maximum Gasteiger partial charge on any atom is 0.104 e. The van der Waals surface area contributed by atoms with Crippen LogP contribution in [0.1, 0.15) is 0 Å². The van der Waals surface area contributed by atoms with E-state index >= 15 is 0 Å². The lowest BCUT2D eigenvalue weighted by atomic mass is 10.2. The topological polar surface area (TPSA) is 30.7 Å². The quantitative estimate of drug-likeness (QED) is 0.723. The van der Waals surface area contributed by atoms with Crippen LogP contribution < -0.4 is 0 Å². The van der Waals surface area contributed by atoms with Crippen LogP contribution in [0.25, 0.3) is 11.3 Å². The molecule has 0 spiro atoms. The average Bonchev–Trinajstić information content (AvgIpc) is 2.68.